The molecule has 4 heteroatoms. The Kier molecular flexibility index (Phi) is 3.01. The Balaban J connectivity index is 2.31. The lowest BCUT2D eigenvalue weighted by Gasteiger charge is -1.98. The molecule has 16 heavy (non-hydrogen) atoms. The number of halogens is 1. The average Bonchev–Trinajstić information content (AvgIpc) is 2.71. The van der Waals surface area contributed by atoms with Crippen LogP contribution in [0.2, 0.25) is 0 Å². The number of hydrogen-bond donors (Lipinski definition) is 1. The lowest BCUT2D eigenvalue weighted by atomic mass is 10.1. The molecule has 0 saturated heterocycles. The fraction of sp³-hybridized carbons (Fsp3) is 0.250. The topological polar surface area (TPSA) is 46.3 Å². The number of aliphatic hydroxyl groups is 1. The van der Waals surface area contributed by atoms with Gasteiger partial charge in [0.15, 0.2) is 0 Å². The van der Waals surface area contributed by atoms with Crippen molar-refractivity contribution in [2.75, 3.05) is 6.61 Å². The molecule has 0 bridgehead atoms. The van der Waals surface area contributed by atoms with Gasteiger partial charge in [0.25, 0.3) is 0 Å². The van der Waals surface area contributed by atoms with E-state index in [1.54, 1.807) is 25.1 Å². The number of aromatic nitrogens is 1. The second-order valence-electron chi connectivity index (χ2n) is 3.62. The minimum absolute atomic E-state index is 0.0108. The summed E-state index contributed by atoms with van der Waals surface area (Å²) in [6.45, 7) is 1.72. The molecule has 0 aliphatic carbocycles. The van der Waals surface area contributed by atoms with E-state index in [-0.39, 0.29) is 12.4 Å². The van der Waals surface area contributed by atoms with Crippen molar-refractivity contribution < 1.29 is 14.0 Å². The average molecular weight is 221 g/mol. The highest BCUT2D eigenvalue weighted by atomic mass is 19.1. The summed E-state index contributed by atoms with van der Waals surface area (Å²) in [6.07, 6.45) is 0.418. The van der Waals surface area contributed by atoms with Gasteiger partial charge in [-0.3, -0.25) is 0 Å². The zero-order valence-electron chi connectivity index (χ0n) is 8.90. The molecule has 84 valence electrons. The van der Waals surface area contributed by atoms with E-state index in [2.05, 4.69) is 5.16 Å². The summed E-state index contributed by atoms with van der Waals surface area (Å²) in [7, 11) is 0. The van der Waals surface area contributed by atoms with E-state index in [1.807, 2.05) is 0 Å². The number of nitrogens with zero attached hydrogens (tertiary/aromatic N) is 1. The molecular formula is C12H12FNO2. The molecule has 3 nitrogen and oxygen atoms in total. The molecule has 0 aliphatic heterocycles. The molecule has 0 unspecified atom stereocenters. The highest BCUT2D eigenvalue weighted by Crippen LogP contribution is 2.21. The van der Waals surface area contributed by atoms with E-state index in [0.29, 0.717) is 29.0 Å². The molecule has 1 aromatic carbocycles. The summed E-state index contributed by atoms with van der Waals surface area (Å²) in [6, 6.07) is 6.63. The quantitative estimate of drug-likeness (QED) is 0.865. The molecular weight excluding hydrogens is 209 g/mol. The van der Waals surface area contributed by atoms with Gasteiger partial charge in [0.1, 0.15) is 17.3 Å². The molecule has 0 amide bonds. The smallest absolute Gasteiger partial charge is 0.139 e. The third-order valence-corrected chi connectivity index (χ3v) is 2.38. The molecule has 0 spiro atoms. The van der Waals surface area contributed by atoms with Gasteiger partial charge in [-0.25, -0.2) is 4.39 Å². The van der Waals surface area contributed by atoms with Gasteiger partial charge >= 0.3 is 0 Å². The summed E-state index contributed by atoms with van der Waals surface area (Å²) in [5.74, 6) is 0.336. The monoisotopic (exact) mass is 221 g/mol. The van der Waals surface area contributed by atoms with E-state index in [9.17, 15) is 4.39 Å². The van der Waals surface area contributed by atoms with E-state index in [0.717, 1.165) is 0 Å². The summed E-state index contributed by atoms with van der Waals surface area (Å²) in [5, 5.41) is 12.6. The van der Waals surface area contributed by atoms with E-state index >= 15 is 0 Å². The van der Waals surface area contributed by atoms with Gasteiger partial charge in [-0.05, 0) is 18.6 Å². The predicted molar refractivity (Wildman–Crippen MR) is 57.4 cm³/mol. The van der Waals surface area contributed by atoms with Crippen molar-refractivity contribution in [1.29, 1.82) is 0 Å². The third-order valence-electron chi connectivity index (χ3n) is 2.38. The molecule has 1 N–H and O–H groups in total. The van der Waals surface area contributed by atoms with Crippen LogP contribution in [0.3, 0.4) is 0 Å². The molecule has 2 rings (SSSR count). The van der Waals surface area contributed by atoms with Crippen molar-refractivity contribution >= 4 is 0 Å². The van der Waals surface area contributed by atoms with Gasteiger partial charge in [0, 0.05) is 18.1 Å². The van der Waals surface area contributed by atoms with Crippen LogP contribution >= 0.6 is 0 Å². The summed E-state index contributed by atoms with van der Waals surface area (Å²) in [4.78, 5) is 0. The first kappa shape index (κ1) is 10.8. The van der Waals surface area contributed by atoms with Gasteiger partial charge in [0.2, 0.25) is 0 Å². The van der Waals surface area contributed by atoms with Crippen LogP contribution in [0.4, 0.5) is 4.39 Å². The first-order chi connectivity index (χ1) is 7.70. The van der Waals surface area contributed by atoms with E-state index in [4.69, 9.17) is 9.63 Å². The maximum atomic E-state index is 13.3. The second kappa shape index (κ2) is 4.45. The van der Waals surface area contributed by atoms with Crippen LogP contribution < -0.4 is 0 Å². The van der Waals surface area contributed by atoms with Crippen molar-refractivity contribution in [1.82, 2.24) is 5.16 Å². The SMILES string of the molecule is Cc1ccc(-c2cc(CCO)on2)cc1F. The summed E-state index contributed by atoms with van der Waals surface area (Å²) < 4.78 is 18.3. The Morgan fingerprint density at radius 3 is 2.88 bits per heavy atom. The number of hydrogen-bond acceptors (Lipinski definition) is 3. The highest BCUT2D eigenvalue weighted by Gasteiger charge is 2.07. The fourth-order valence-corrected chi connectivity index (χ4v) is 1.43. The first-order valence-electron chi connectivity index (χ1n) is 5.03. The van der Waals surface area contributed by atoms with Gasteiger partial charge in [0.05, 0.1) is 6.61 Å². The first-order valence-corrected chi connectivity index (χ1v) is 5.03. The molecule has 1 aromatic heterocycles. The van der Waals surface area contributed by atoms with Gasteiger partial charge in [-0.2, -0.15) is 0 Å². The molecule has 2 aromatic rings. The Labute approximate surface area is 92.5 Å². The van der Waals surface area contributed by atoms with Crippen molar-refractivity contribution in [2.45, 2.75) is 13.3 Å². The van der Waals surface area contributed by atoms with Crippen molar-refractivity contribution in [2.24, 2.45) is 0 Å². The molecule has 0 aliphatic rings. The molecule has 1 heterocycles. The Morgan fingerprint density at radius 1 is 1.38 bits per heavy atom. The standard InChI is InChI=1S/C12H12FNO2/c1-8-2-3-9(6-11(8)13)12-7-10(4-5-15)16-14-12/h2-3,6-7,15H,4-5H2,1H3. The largest absolute Gasteiger partial charge is 0.396 e. The van der Waals surface area contributed by atoms with Gasteiger partial charge in [-0.15, -0.1) is 0 Å². The third kappa shape index (κ3) is 2.12. The maximum absolute atomic E-state index is 13.3. The minimum atomic E-state index is -0.260. The Bertz CT molecular complexity index is 494. The number of aryl methyl sites for hydroxylation is 1. The molecule has 0 saturated carbocycles. The minimum Gasteiger partial charge on any atom is -0.396 e. The zero-order chi connectivity index (χ0) is 11.5. The zero-order valence-corrected chi connectivity index (χ0v) is 8.90. The lowest BCUT2D eigenvalue weighted by molar-refractivity contribution is 0.277. The van der Waals surface area contributed by atoms with Crippen molar-refractivity contribution in [3.8, 4) is 11.3 Å². The summed E-state index contributed by atoms with van der Waals surface area (Å²) >= 11 is 0. The Hall–Kier alpha value is -1.68. The Morgan fingerprint density at radius 2 is 2.19 bits per heavy atom. The predicted octanol–water partition coefficient (Wildman–Crippen LogP) is 2.32. The van der Waals surface area contributed by atoms with E-state index < -0.39 is 0 Å². The number of rotatable bonds is 3. The second-order valence-corrected chi connectivity index (χ2v) is 3.62. The lowest BCUT2D eigenvalue weighted by Crippen LogP contribution is -1.86. The van der Waals surface area contributed by atoms with Crippen LogP contribution in [0.15, 0.2) is 28.8 Å². The van der Waals surface area contributed by atoms with Crippen LogP contribution in [0.1, 0.15) is 11.3 Å². The van der Waals surface area contributed by atoms with Crippen LogP contribution in [-0.4, -0.2) is 16.9 Å². The van der Waals surface area contributed by atoms with Crippen molar-refractivity contribution in [3.63, 3.8) is 0 Å². The normalized spacial score (nSPS) is 10.7. The molecule has 0 fully saturated rings. The van der Waals surface area contributed by atoms with Crippen LogP contribution in [0.25, 0.3) is 11.3 Å². The van der Waals surface area contributed by atoms with Crippen LogP contribution in [-0.2, 0) is 6.42 Å². The summed E-state index contributed by atoms with van der Waals surface area (Å²) in [5.41, 5.74) is 1.86. The van der Waals surface area contributed by atoms with Crippen molar-refractivity contribution in [3.05, 3.63) is 41.4 Å². The van der Waals surface area contributed by atoms with Gasteiger partial charge in [-0.1, -0.05) is 17.3 Å². The van der Waals surface area contributed by atoms with E-state index in [1.165, 1.54) is 6.07 Å². The fourth-order valence-electron chi connectivity index (χ4n) is 1.43. The molecule has 0 atom stereocenters. The maximum Gasteiger partial charge on any atom is 0.139 e. The highest BCUT2D eigenvalue weighted by molar-refractivity contribution is 5.59. The number of benzene rings is 1. The molecule has 0 radical (unpaired) electrons. The van der Waals surface area contributed by atoms with Gasteiger partial charge < -0.3 is 9.63 Å². The van der Waals surface area contributed by atoms with Crippen LogP contribution in [0, 0.1) is 12.7 Å². The number of aliphatic hydroxyl groups excluding tert-OH is 1. The van der Waals surface area contributed by atoms with Crippen LogP contribution in [0.5, 0.6) is 0 Å².